The molecule has 1 aliphatic heterocycles. The third-order valence-corrected chi connectivity index (χ3v) is 5.48. The normalized spacial score (nSPS) is 16.7. The van der Waals surface area contributed by atoms with E-state index in [1.165, 1.54) is 11.1 Å². The lowest BCUT2D eigenvalue weighted by atomic mass is 10.1. The first kappa shape index (κ1) is 19.5. The van der Waals surface area contributed by atoms with E-state index in [0.29, 0.717) is 24.8 Å². The van der Waals surface area contributed by atoms with E-state index < -0.39 is 0 Å². The van der Waals surface area contributed by atoms with Crippen LogP contribution in [-0.4, -0.2) is 40.2 Å². The first-order chi connectivity index (χ1) is 14.2. The zero-order chi connectivity index (χ0) is 20.1. The molecule has 1 aliphatic rings. The third-order valence-electron chi connectivity index (χ3n) is 5.48. The standard InChI is InChI=1S/C23H28N4O2/c1-18-6-8-19(9-7-18)10-13-26(17-21-5-3-15-29-21)23(28)22-11-14-27(25-22)20-4-2-12-24-16-20/h3,5-9,11,14-15,20,24H,2,4,10,12-13,16-17H2,1H3. The van der Waals surface area contributed by atoms with Crippen LogP contribution in [0.2, 0.25) is 0 Å². The van der Waals surface area contributed by atoms with Crippen molar-refractivity contribution >= 4 is 5.91 Å². The Labute approximate surface area is 171 Å². The second-order valence-corrected chi connectivity index (χ2v) is 7.72. The van der Waals surface area contributed by atoms with Gasteiger partial charge in [-0.2, -0.15) is 5.10 Å². The second-order valence-electron chi connectivity index (χ2n) is 7.72. The van der Waals surface area contributed by atoms with Gasteiger partial charge in [-0.1, -0.05) is 29.8 Å². The number of carbonyl (C=O) groups is 1. The van der Waals surface area contributed by atoms with Crippen molar-refractivity contribution in [1.82, 2.24) is 20.0 Å². The lowest BCUT2D eigenvalue weighted by Gasteiger charge is -2.23. The lowest BCUT2D eigenvalue weighted by molar-refractivity contribution is 0.0726. The Morgan fingerprint density at radius 3 is 2.86 bits per heavy atom. The van der Waals surface area contributed by atoms with Crippen LogP contribution in [0.15, 0.2) is 59.3 Å². The van der Waals surface area contributed by atoms with E-state index in [4.69, 9.17) is 4.42 Å². The Balaban J connectivity index is 1.47. The van der Waals surface area contributed by atoms with E-state index in [0.717, 1.165) is 38.1 Å². The van der Waals surface area contributed by atoms with E-state index in [9.17, 15) is 4.79 Å². The van der Waals surface area contributed by atoms with Gasteiger partial charge in [0.2, 0.25) is 0 Å². The predicted molar refractivity (Wildman–Crippen MR) is 112 cm³/mol. The van der Waals surface area contributed by atoms with E-state index in [-0.39, 0.29) is 5.91 Å². The summed E-state index contributed by atoms with van der Waals surface area (Å²) in [6.07, 6.45) is 6.58. The first-order valence-electron chi connectivity index (χ1n) is 10.3. The molecule has 0 spiro atoms. The molecule has 6 nitrogen and oxygen atoms in total. The van der Waals surface area contributed by atoms with Gasteiger partial charge in [-0.25, -0.2) is 0 Å². The SMILES string of the molecule is Cc1ccc(CCN(Cc2ccco2)C(=O)c2ccn(C3CCCNC3)n2)cc1. The number of nitrogens with zero attached hydrogens (tertiary/aromatic N) is 3. The van der Waals surface area contributed by atoms with Crippen molar-refractivity contribution in [3.8, 4) is 0 Å². The van der Waals surface area contributed by atoms with Crippen molar-refractivity contribution in [3.05, 3.63) is 77.5 Å². The van der Waals surface area contributed by atoms with Gasteiger partial charge in [0.1, 0.15) is 11.5 Å². The first-order valence-corrected chi connectivity index (χ1v) is 10.3. The van der Waals surface area contributed by atoms with Crippen molar-refractivity contribution in [2.75, 3.05) is 19.6 Å². The Bertz CT molecular complexity index is 909. The molecule has 1 fully saturated rings. The molecule has 0 saturated carbocycles. The van der Waals surface area contributed by atoms with E-state index >= 15 is 0 Å². The summed E-state index contributed by atoms with van der Waals surface area (Å²) in [5, 5.41) is 8.00. The smallest absolute Gasteiger partial charge is 0.274 e. The fourth-order valence-electron chi connectivity index (χ4n) is 3.74. The molecule has 0 aliphatic carbocycles. The molecule has 29 heavy (non-hydrogen) atoms. The van der Waals surface area contributed by atoms with Gasteiger partial charge in [0.15, 0.2) is 0 Å². The summed E-state index contributed by atoms with van der Waals surface area (Å²) in [5.74, 6) is 0.717. The molecule has 152 valence electrons. The molecule has 3 aromatic rings. The molecule has 1 atom stereocenters. The van der Waals surface area contributed by atoms with Gasteiger partial charge in [0, 0.05) is 19.3 Å². The average molecular weight is 393 g/mol. The van der Waals surface area contributed by atoms with E-state index in [2.05, 4.69) is 41.6 Å². The van der Waals surface area contributed by atoms with E-state index in [1.807, 2.05) is 34.0 Å². The number of hydrogen-bond donors (Lipinski definition) is 1. The summed E-state index contributed by atoms with van der Waals surface area (Å²) in [5.41, 5.74) is 2.94. The second kappa shape index (κ2) is 9.09. The molecule has 6 heteroatoms. The summed E-state index contributed by atoms with van der Waals surface area (Å²) >= 11 is 0. The molecule has 0 radical (unpaired) electrons. The molecule has 1 aromatic carbocycles. The van der Waals surface area contributed by atoms with Gasteiger partial charge in [-0.15, -0.1) is 0 Å². The van der Waals surface area contributed by atoms with E-state index in [1.54, 1.807) is 6.26 Å². The molecule has 1 saturated heterocycles. The van der Waals surface area contributed by atoms with Gasteiger partial charge in [-0.3, -0.25) is 9.48 Å². The minimum atomic E-state index is -0.0592. The van der Waals surface area contributed by atoms with Crippen LogP contribution in [0.4, 0.5) is 0 Å². The molecule has 3 heterocycles. The molecular formula is C23H28N4O2. The number of carbonyl (C=O) groups excluding carboxylic acids is 1. The highest BCUT2D eigenvalue weighted by molar-refractivity contribution is 5.92. The van der Waals surface area contributed by atoms with Gasteiger partial charge < -0.3 is 14.6 Å². The molecule has 1 N–H and O–H groups in total. The van der Waals surface area contributed by atoms with Crippen LogP contribution in [0.5, 0.6) is 0 Å². The zero-order valence-corrected chi connectivity index (χ0v) is 16.9. The predicted octanol–water partition coefficient (Wildman–Crippen LogP) is 3.59. The molecule has 0 bridgehead atoms. The molecule has 4 rings (SSSR count). The number of rotatable bonds is 7. The fraction of sp³-hybridized carbons (Fsp3) is 0.391. The van der Waals surface area contributed by atoms with Gasteiger partial charge in [0.25, 0.3) is 5.91 Å². The molecule has 1 amide bonds. The Hall–Kier alpha value is -2.86. The number of aryl methyl sites for hydroxylation is 1. The molecule has 2 aromatic heterocycles. The van der Waals surface area contributed by atoms with Gasteiger partial charge in [-0.05, 0) is 56.5 Å². The van der Waals surface area contributed by atoms with Crippen LogP contribution in [0.3, 0.4) is 0 Å². The Kier molecular flexibility index (Phi) is 6.10. The highest BCUT2D eigenvalue weighted by atomic mass is 16.3. The third kappa shape index (κ3) is 4.95. The van der Waals surface area contributed by atoms with Gasteiger partial charge >= 0.3 is 0 Å². The van der Waals surface area contributed by atoms with Crippen molar-refractivity contribution in [2.45, 2.75) is 38.8 Å². The van der Waals surface area contributed by atoms with Crippen LogP contribution in [0, 0.1) is 6.92 Å². The monoisotopic (exact) mass is 392 g/mol. The number of benzene rings is 1. The fourth-order valence-corrected chi connectivity index (χ4v) is 3.74. The lowest BCUT2D eigenvalue weighted by Crippen LogP contribution is -2.34. The summed E-state index contributed by atoms with van der Waals surface area (Å²) < 4.78 is 7.43. The van der Waals surface area contributed by atoms with Crippen LogP contribution in [0.25, 0.3) is 0 Å². The molecule has 1 unspecified atom stereocenters. The number of furan rings is 1. The van der Waals surface area contributed by atoms with Crippen LogP contribution in [-0.2, 0) is 13.0 Å². The topological polar surface area (TPSA) is 63.3 Å². The minimum Gasteiger partial charge on any atom is -0.467 e. The number of nitrogens with one attached hydrogen (secondary N) is 1. The van der Waals surface area contributed by atoms with Crippen LogP contribution < -0.4 is 5.32 Å². The van der Waals surface area contributed by atoms with Crippen LogP contribution in [0.1, 0.15) is 46.3 Å². The number of hydrogen-bond acceptors (Lipinski definition) is 4. The summed E-state index contributed by atoms with van der Waals surface area (Å²) in [4.78, 5) is 15.1. The average Bonchev–Trinajstić information content (AvgIpc) is 3.45. The zero-order valence-electron chi connectivity index (χ0n) is 16.9. The maximum absolute atomic E-state index is 13.2. The highest BCUT2D eigenvalue weighted by Gasteiger charge is 2.22. The largest absolute Gasteiger partial charge is 0.467 e. The number of aromatic nitrogens is 2. The van der Waals surface area contributed by atoms with Crippen molar-refractivity contribution in [3.63, 3.8) is 0 Å². The minimum absolute atomic E-state index is 0.0592. The Morgan fingerprint density at radius 2 is 2.14 bits per heavy atom. The summed E-state index contributed by atoms with van der Waals surface area (Å²) in [6, 6.07) is 14.4. The maximum atomic E-state index is 13.2. The number of amides is 1. The van der Waals surface area contributed by atoms with Crippen molar-refractivity contribution in [1.29, 1.82) is 0 Å². The highest BCUT2D eigenvalue weighted by Crippen LogP contribution is 2.17. The Morgan fingerprint density at radius 1 is 1.28 bits per heavy atom. The van der Waals surface area contributed by atoms with Gasteiger partial charge in [0.05, 0.1) is 18.8 Å². The number of piperidine rings is 1. The maximum Gasteiger partial charge on any atom is 0.274 e. The molecular weight excluding hydrogens is 364 g/mol. The van der Waals surface area contributed by atoms with Crippen LogP contribution >= 0.6 is 0 Å². The quantitative estimate of drug-likeness (QED) is 0.667. The van der Waals surface area contributed by atoms with Crippen molar-refractivity contribution in [2.24, 2.45) is 0 Å². The summed E-state index contributed by atoms with van der Waals surface area (Å²) in [7, 11) is 0. The summed E-state index contributed by atoms with van der Waals surface area (Å²) in [6.45, 7) is 5.09. The van der Waals surface area contributed by atoms with Crippen molar-refractivity contribution < 1.29 is 9.21 Å².